The number of carboxylic acids is 1. The van der Waals surface area contributed by atoms with Crippen molar-refractivity contribution < 1.29 is 19.1 Å². The number of nitrogens with zero attached hydrogens (tertiary/aromatic N) is 1. The fourth-order valence-electron chi connectivity index (χ4n) is 1.54. The molecule has 2 N–H and O–H groups in total. The van der Waals surface area contributed by atoms with Gasteiger partial charge in [-0.05, 0) is 24.3 Å². The number of hydrogen-bond donors (Lipinski definition) is 2. The average Bonchev–Trinajstić information content (AvgIpc) is 2.39. The topological polar surface area (TPSA) is 79.3 Å². The van der Waals surface area contributed by atoms with Crippen molar-refractivity contribution in [2.75, 3.05) is 5.32 Å². The molecule has 0 spiro atoms. The molecule has 2 aromatic rings. The quantitative estimate of drug-likeness (QED) is 0.886. The first kappa shape index (κ1) is 12.7. The van der Waals surface area contributed by atoms with E-state index in [1.165, 1.54) is 36.7 Å². The second-order valence-corrected chi connectivity index (χ2v) is 3.66. The van der Waals surface area contributed by atoms with E-state index >= 15 is 0 Å². The monoisotopic (exact) mass is 260 g/mol. The predicted octanol–water partition coefficient (Wildman–Crippen LogP) is 2.17. The van der Waals surface area contributed by atoms with Gasteiger partial charge >= 0.3 is 5.97 Å². The van der Waals surface area contributed by atoms with Crippen molar-refractivity contribution >= 4 is 17.6 Å². The molecule has 1 amide bonds. The van der Waals surface area contributed by atoms with Gasteiger partial charge < -0.3 is 10.4 Å². The van der Waals surface area contributed by atoms with Crippen molar-refractivity contribution in [3.8, 4) is 0 Å². The number of carbonyl (C=O) groups is 2. The highest BCUT2D eigenvalue weighted by Crippen LogP contribution is 2.19. The van der Waals surface area contributed by atoms with Crippen LogP contribution >= 0.6 is 0 Å². The van der Waals surface area contributed by atoms with Crippen molar-refractivity contribution in [3.05, 3.63) is 59.7 Å². The number of carboxylic acid groups (broad SMARTS) is 1. The van der Waals surface area contributed by atoms with Crippen LogP contribution in [0.25, 0.3) is 0 Å². The van der Waals surface area contributed by atoms with Crippen LogP contribution in [0, 0.1) is 5.82 Å². The third kappa shape index (κ3) is 2.74. The Hall–Kier alpha value is -2.76. The molecule has 0 aliphatic rings. The first-order valence-electron chi connectivity index (χ1n) is 5.33. The number of hydrogen-bond acceptors (Lipinski definition) is 3. The second-order valence-electron chi connectivity index (χ2n) is 3.66. The third-order valence-electron chi connectivity index (χ3n) is 2.42. The average molecular weight is 260 g/mol. The van der Waals surface area contributed by atoms with Crippen LogP contribution < -0.4 is 5.32 Å². The lowest BCUT2D eigenvalue weighted by atomic mass is 10.1. The summed E-state index contributed by atoms with van der Waals surface area (Å²) in [5.41, 5.74) is -0.352. The molecule has 19 heavy (non-hydrogen) atoms. The molecule has 1 aromatic heterocycles. The summed E-state index contributed by atoms with van der Waals surface area (Å²) in [6, 6.07) is 6.60. The maximum Gasteiger partial charge on any atom is 0.340 e. The van der Waals surface area contributed by atoms with Crippen LogP contribution in [0.2, 0.25) is 0 Å². The minimum absolute atomic E-state index is 0.0886. The first-order valence-corrected chi connectivity index (χ1v) is 5.33. The molecule has 0 fully saturated rings. The Morgan fingerprint density at radius 1 is 1.16 bits per heavy atom. The lowest BCUT2D eigenvalue weighted by Gasteiger charge is -2.08. The van der Waals surface area contributed by atoms with Gasteiger partial charge in [-0.3, -0.25) is 9.78 Å². The predicted molar refractivity (Wildman–Crippen MR) is 65.5 cm³/mol. The van der Waals surface area contributed by atoms with E-state index in [9.17, 15) is 14.0 Å². The van der Waals surface area contributed by atoms with Gasteiger partial charge in [0.25, 0.3) is 5.91 Å². The molecule has 2 rings (SSSR count). The lowest BCUT2D eigenvalue weighted by Crippen LogP contribution is -2.15. The van der Waals surface area contributed by atoms with Gasteiger partial charge in [0.05, 0.1) is 5.69 Å². The molecule has 1 heterocycles. The minimum Gasteiger partial charge on any atom is -0.478 e. The Labute approximate surface area is 107 Å². The number of halogens is 1. The normalized spacial score (nSPS) is 9.95. The highest BCUT2D eigenvalue weighted by molar-refractivity contribution is 6.07. The van der Waals surface area contributed by atoms with Gasteiger partial charge in [-0.1, -0.05) is 6.07 Å². The summed E-state index contributed by atoms with van der Waals surface area (Å²) in [6.07, 6.45) is 2.86. The molecule has 6 heteroatoms. The molecular formula is C13H9FN2O3. The maximum absolute atomic E-state index is 13.4. The minimum atomic E-state index is -1.44. The van der Waals surface area contributed by atoms with E-state index in [1.54, 1.807) is 0 Å². The summed E-state index contributed by atoms with van der Waals surface area (Å²) in [6.45, 7) is 0. The summed E-state index contributed by atoms with van der Waals surface area (Å²) < 4.78 is 13.4. The van der Waals surface area contributed by atoms with E-state index in [2.05, 4.69) is 10.3 Å². The highest BCUT2D eigenvalue weighted by Gasteiger charge is 2.17. The van der Waals surface area contributed by atoms with Crippen molar-refractivity contribution in [2.24, 2.45) is 0 Å². The van der Waals surface area contributed by atoms with Crippen LogP contribution in [0.4, 0.5) is 10.1 Å². The maximum atomic E-state index is 13.4. The number of aromatic nitrogens is 1. The molecule has 5 nitrogen and oxygen atoms in total. The van der Waals surface area contributed by atoms with Gasteiger partial charge in [0, 0.05) is 18.0 Å². The summed E-state index contributed by atoms with van der Waals surface area (Å²) >= 11 is 0. The molecule has 0 aliphatic heterocycles. The number of carbonyl (C=O) groups excluding carboxylic acids is 1. The van der Waals surface area contributed by atoms with E-state index in [1.807, 2.05) is 0 Å². The lowest BCUT2D eigenvalue weighted by molar-refractivity contribution is 0.0693. The van der Waals surface area contributed by atoms with Gasteiger partial charge in [0.15, 0.2) is 0 Å². The smallest absolute Gasteiger partial charge is 0.340 e. The molecule has 0 radical (unpaired) electrons. The number of anilines is 1. The Morgan fingerprint density at radius 2 is 1.84 bits per heavy atom. The number of nitrogens with one attached hydrogen (secondary N) is 1. The molecule has 0 atom stereocenters. The fourth-order valence-corrected chi connectivity index (χ4v) is 1.54. The number of rotatable bonds is 3. The first-order chi connectivity index (χ1) is 9.09. The zero-order valence-corrected chi connectivity index (χ0v) is 9.63. The van der Waals surface area contributed by atoms with E-state index in [4.69, 9.17) is 5.11 Å². The largest absolute Gasteiger partial charge is 0.478 e. The number of benzene rings is 1. The van der Waals surface area contributed by atoms with Crippen LogP contribution in [0.1, 0.15) is 20.7 Å². The molecular weight excluding hydrogens is 251 g/mol. The van der Waals surface area contributed by atoms with Crippen molar-refractivity contribution in [3.63, 3.8) is 0 Å². The highest BCUT2D eigenvalue weighted by atomic mass is 19.1. The van der Waals surface area contributed by atoms with E-state index in [0.29, 0.717) is 5.56 Å². The molecule has 0 unspecified atom stereocenters. The molecule has 0 aliphatic carbocycles. The van der Waals surface area contributed by atoms with Crippen LogP contribution in [0.3, 0.4) is 0 Å². The van der Waals surface area contributed by atoms with E-state index in [-0.39, 0.29) is 5.69 Å². The molecule has 1 aromatic carbocycles. The summed E-state index contributed by atoms with van der Waals surface area (Å²) in [5, 5.41) is 11.3. The Bertz CT molecular complexity index is 629. The number of pyridine rings is 1. The Balaban J connectivity index is 2.32. The second kappa shape index (κ2) is 5.26. The summed E-state index contributed by atoms with van der Waals surface area (Å²) in [7, 11) is 0. The standard InChI is InChI=1S/C13H9FN2O3/c14-9-2-1-3-10(11(9)13(18)19)16-12(17)8-4-6-15-7-5-8/h1-7H,(H,16,17)(H,18,19). The van der Waals surface area contributed by atoms with Crippen LogP contribution in [0.5, 0.6) is 0 Å². The van der Waals surface area contributed by atoms with Gasteiger partial charge in [-0.15, -0.1) is 0 Å². The molecule has 0 saturated carbocycles. The van der Waals surface area contributed by atoms with Crippen LogP contribution in [-0.4, -0.2) is 22.0 Å². The molecule has 96 valence electrons. The zero-order valence-electron chi connectivity index (χ0n) is 9.63. The Kier molecular flexibility index (Phi) is 3.51. The zero-order chi connectivity index (χ0) is 13.8. The third-order valence-corrected chi connectivity index (χ3v) is 2.42. The summed E-state index contributed by atoms with van der Waals surface area (Å²) in [4.78, 5) is 26.6. The van der Waals surface area contributed by atoms with Crippen LogP contribution in [0.15, 0.2) is 42.7 Å². The van der Waals surface area contributed by atoms with E-state index in [0.717, 1.165) is 6.07 Å². The molecule has 0 bridgehead atoms. The van der Waals surface area contributed by atoms with Crippen molar-refractivity contribution in [1.82, 2.24) is 4.98 Å². The Morgan fingerprint density at radius 3 is 2.47 bits per heavy atom. The van der Waals surface area contributed by atoms with Gasteiger partial charge in [0.1, 0.15) is 11.4 Å². The van der Waals surface area contributed by atoms with Crippen LogP contribution in [-0.2, 0) is 0 Å². The fraction of sp³-hybridized carbons (Fsp3) is 0. The van der Waals surface area contributed by atoms with Gasteiger partial charge in [-0.25, -0.2) is 9.18 Å². The SMILES string of the molecule is O=C(Nc1cccc(F)c1C(=O)O)c1ccncc1. The van der Waals surface area contributed by atoms with Gasteiger partial charge in [-0.2, -0.15) is 0 Å². The van der Waals surface area contributed by atoms with Crippen molar-refractivity contribution in [1.29, 1.82) is 0 Å². The number of amides is 1. The van der Waals surface area contributed by atoms with Gasteiger partial charge in [0.2, 0.25) is 0 Å². The molecule has 0 saturated heterocycles. The van der Waals surface area contributed by atoms with E-state index < -0.39 is 23.3 Å². The number of aromatic carboxylic acids is 1. The van der Waals surface area contributed by atoms with Crippen molar-refractivity contribution in [2.45, 2.75) is 0 Å². The summed E-state index contributed by atoms with van der Waals surface area (Å²) in [5.74, 6) is -2.88.